The van der Waals surface area contributed by atoms with Gasteiger partial charge in [-0.1, -0.05) is 84.6 Å². The molecule has 1 amide bonds. The van der Waals surface area contributed by atoms with E-state index in [1.54, 1.807) is 11.8 Å². The average molecular weight is 409 g/mol. The molecule has 1 atom stereocenters. The number of carbonyl (C=O) groups excluding carboxylic acids is 1. The second-order valence-electron chi connectivity index (χ2n) is 7.04. The molecule has 0 aliphatic rings. The van der Waals surface area contributed by atoms with Crippen molar-refractivity contribution in [2.75, 3.05) is 5.32 Å². The van der Waals surface area contributed by atoms with Gasteiger partial charge >= 0.3 is 0 Å². The summed E-state index contributed by atoms with van der Waals surface area (Å²) in [6.45, 7) is 0. The van der Waals surface area contributed by atoms with E-state index in [1.807, 2.05) is 84.9 Å². The van der Waals surface area contributed by atoms with Crippen LogP contribution in [0.2, 0.25) is 0 Å². The van der Waals surface area contributed by atoms with Crippen molar-refractivity contribution in [3.05, 3.63) is 109 Å². The van der Waals surface area contributed by atoms with E-state index < -0.39 is 5.37 Å². The van der Waals surface area contributed by atoms with E-state index in [9.17, 15) is 4.79 Å². The second kappa shape index (κ2) is 8.09. The van der Waals surface area contributed by atoms with Crippen molar-refractivity contribution in [2.45, 2.75) is 10.3 Å². The molecule has 4 heteroatoms. The zero-order valence-electron chi connectivity index (χ0n) is 16.2. The van der Waals surface area contributed by atoms with Crippen LogP contribution in [0, 0.1) is 0 Å². The molecule has 0 bridgehead atoms. The van der Waals surface area contributed by atoms with E-state index in [2.05, 4.69) is 34.1 Å². The zero-order valence-corrected chi connectivity index (χ0v) is 17.0. The number of benzene rings is 4. The predicted octanol–water partition coefficient (Wildman–Crippen LogP) is 6.72. The first-order chi connectivity index (χ1) is 14.8. The standard InChI is InChI=1S/C26H20N2OS/c29-25(27-19-11-3-1-4-12-19)26(30-20-13-5-2-6-14-20)28-23-17-9-7-15-21(23)22-16-8-10-18-24(22)28/h1-18,26H,(H,27,29). The maximum Gasteiger partial charge on any atom is 0.258 e. The minimum Gasteiger partial charge on any atom is -0.324 e. The van der Waals surface area contributed by atoms with Gasteiger partial charge in [0, 0.05) is 21.4 Å². The Hall–Kier alpha value is -3.50. The second-order valence-corrected chi connectivity index (χ2v) is 8.20. The Morgan fingerprint density at radius 1 is 0.667 bits per heavy atom. The molecule has 0 spiro atoms. The van der Waals surface area contributed by atoms with E-state index in [1.165, 1.54) is 0 Å². The average Bonchev–Trinajstić information content (AvgIpc) is 3.13. The van der Waals surface area contributed by atoms with E-state index in [4.69, 9.17) is 0 Å². The molecule has 1 unspecified atom stereocenters. The highest BCUT2D eigenvalue weighted by Crippen LogP contribution is 2.39. The van der Waals surface area contributed by atoms with E-state index in [-0.39, 0.29) is 5.91 Å². The highest BCUT2D eigenvalue weighted by atomic mass is 32.2. The zero-order chi connectivity index (χ0) is 20.3. The Kier molecular flexibility index (Phi) is 4.99. The summed E-state index contributed by atoms with van der Waals surface area (Å²) < 4.78 is 2.15. The van der Waals surface area contributed by atoms with Gasteiger partial charge < -0.3 is 9.88 Å². The monoisotopic (exact) mass is 408 g/mol. The molecule has 0 saturated heterocycles. The first-order valence-electron chi connectivity index (χ1n) is 9.86. The number of carbonyl (C=O) groups is 1. The fourth-order valence-corrected chi connectivity index (χ4v) is 4.85. The van der Waals surface area contributed by atoms with Crippen molar-refractivity contribution >= 4 is 45.2 Å². The van der Waals surface area contributed by atoms with Crippen LogP contribution in [0.5, 0.6) is 0 Å². The van der Waals surface area contributed by atoms with Gasteiger partial charge in [0.1, 0.15) is 0 Å². The van der Waals surface area contributed by atoms with Crippen LogP contribution in [-0.2, 0) is 4.79 Å². The summed E-state index contributed by atoms with van der Waals surface area (Å²) in [6, 6.07) is 36.2. The number of aromatic nitrogens is 1. The number of hydrogen-bond donors (Lipinski definition) is 1. The minimum atomic E-state index is -0.461. The number of hydrogen-bond acceptors (Lipinski definition) is 2. The number of amides is 1. The van der Waals surface area contributed by atoms with Gasteiger partial charge in [0.05, 0.1) is 11.0 Å². The topological polar surface area (TPSA) is 34.0 Å². The molecule has 0 aliphatic carbocycles. The molecule has 5 rings (SSSR count). The molecule has 30 heavy (non-hydrogen) atoms. The molecule has 146 valence electrons. The van der Waals surface area contributed by atoms with Crippen LogP contribution < -0.4 is 5.32 Å². The molecule has 1 heterocycles. The molecular weight excluding hydrogens is 388 g/mol. The van der Waals surface area contributed by atoms with Gasteiger partial charge in [0.15, 0.2) is 5.37 Å². The van der Waals surface area contributed by atoms with Crippen LogP contribution in [0.4, 0.5) is 5.69 Å². The van der Waals surface area contributed by atoms with Crippen LogP contribution >= 0.6 is 11.8 Å². The molecule has 1 aromatic heterocycles. The number of anilines is 1. The van der Waals surface area contributed by atoms with Gasteiger partial charge in [-0.3, -0.25) is 4.79 Å². The van der Waals surface area contributed by atoms with Gasteiger partial charge in [-0.25, -0.2) is 0 Å². The molecule has 1 N–H and O–H groups in total. The largest absolute Gasteiger partial charge is 0.324 e. The number of fused-ring (bicyclic) bond motifs is 3. The number of nitrogens with zero attached hydrogens (tertiary/aromatic N) is 1. The number of nitrogens with one attached hydrogen (secondary N) is 1. The summed E-state index contributed by atoms with van der Waals surface area (Å²) >= 11 is 1.55. The Labute approximate surface area is 179 Å². The van der Waals surface area contributed by atoms with E-state index in [0.29, 0.717) is 0 Å². The summed E-state index contributed by atoms with van der Waals surface area (Å²) in [5, 5.41) is 4.94. The van der Waals surface area contributed by atoms with Gasteiger partial charge in [-0.2, -0.15) is 0 Å². The predicted molar refractivity (Wildman–Crippen MR) is 126 cm³/mol. The Morgan fingerprint density at radius 2 is 1.17 bits per heavy atom. The minimum absolute atomic E-state index is 0.0541. The summed E-state index contributed by atoms with van der Waals surface area (Å²) in [5.41, 5.74) is 2.90. The van der Waals surface area contributed by atoms with Crippen molar-refractivity contribution in [3.63, 3.8) is 0 Å². The molecule has 0 fully saturated rings. The van der Waals surface area contributed by atoms with E-state index in [0.717, 1.165) is 32.4 Å². The van der Waals surface area contributed by atoms with Crippen LogP contribution in [-0.4, -0.2) is 10.5 Å². The lowest BCUT2D eigenvalue weighted by molar-refractivity contribution is -0.116. The fourth-order valence-electron chi connectivity index (χ4n) is 3.78. The highest BCUT2D eigenvalue weighted by molar-refractivity contribution is 8.00. The Bertz CT molecular complexity index is 1260. The number of rotatable bonds is 5. The molecule has 0 saturated carbocycles. The van der Waals surface area contributed by atoms with Crippen molar-refractivity contribution in [1.82, 2.24) is 4.57 Å². The first kappa shape index (κ1) is 18.5. The Balaban J connectivity index is 1.67. The number of para-hydroxylation sites is 3. The third-order valence-electron chi connectivity index (χ3n) is 5.11. The quantitative estimate of drug-likeness (QED) is 0.327. The third kappa shape index (κ3) is 3.46. The van der Waals surface area contributed by atoms with Crippen LogP contribution in [0.15, 0.2) is 114 Å². The van der Waals surface area contributed by atoms with Crippen LogP contribution in [0.25, 0.3) is 21.8 Å². The first-order valence-corrected chi connectivity index (χ1v) is 10.7. The van der Waals surface area contributed by atoms with E-state index >= 15 is 0 Å². The van der Waals surface area contributed by atoms with Crippen LogP contribution in [0.1, 0.15) is 5.37 Å². The summed E-state index contributed by atoms with van der Waals surface area (Å²) in [4.78, 5) is 14.6. The van der Waals surface area contributed by atoms with Crippen molar-refractivity contribution in [2.24, 2.45) is 0 Å². The lowest BCUT2D eigenvalue weighted by atomic mass is 10.2. The van der Waals surface area contributed by atoms with Gasteiger partial charge in [-0.15, -0.1) is 0 Å². The maximum atomic E-state index is 13.6. The van der Waals surface area contributed by atoms with Gasteiger partial charge in [0.25, 0.3) is 5.91 Å². The highest BCUT2D eigenvalue weighted by Gasteiger charge is 2.26. The normalized spacial score (nSPS) is 12.1. The van der Waals surface area contributed by atoms with Gasteiger partial charge in [0.2, 0.25) is 0 Å². The van der Waals surface area contributed by atoms with Gasteiger partial charge in [-0.05, 0) is 36.4 Å². The third-order valence-corrected chi connectivity index (χ3v) is 6.30. The van der Waals surface area contributed by atoms with Crippen molar-refractivity contribution < 1.29 is 4.79 Å². The van der Waals surface area contributed by atoms with Crippen molar-refractivity contribution in [1.29, 1.82) is 0 Å². The van der Waals surface area contributed by atoms with Crippen LogP contribution in [0.3, 0.4) is 0 Å². The molecule has 4 aromatic carbocycles. The molecule has 3 nitrogen and oxygen atoms in total. The molecule has 5 aromatic rings. The lowest BCUT2D eigenvalue weighted by Gasteiger charge is -2.21. The lowest BCUT2D eigenvalue weighted by Crippen LogP contribution is -2.23. The summed E-state index contributed by atoms with van der Waals surface area (Å²) in [6.07, 6.45) is 0. The maximum absolute atomic E-state index is 13.6. The van der Waals surface area contributed by atoms with Crippen molar-refractivity contribution in [3.8, 4) is 0 Å². The SMILES string of the molecule is O=C(Nc1ccccc1)C(Sc1ccccc1)n1c2ccccc2c2ccccc21. The smallest absolute Gasteiger partial charge is 0.258 e. The summed E-state index contributed by atoms with van der Waals surface area (Å²) in [7, 11) is 0. The fraction of sp³-hybridized carbons (Fsp3) is 0.0385. The molecule has 0 radical (unpaired) electrons. The molecule has 0 aliphatic heterocycles. The Morgan fingerprint density at radius 3 is 1.77 bits per heavy atom. The summed E-state index contributed by atoms with van der Waals surface area (Å²) in [5.74, 6) is -0.0541. The number of thioether (sulfide) groups is 1. The molecular formula is C26H20N2OS.